The minimum Gasteiger partial charge on any atom is -0.497 e. The number of methoxy groups -OCH3 is 2. The van der Waals surface area contributed by atoms with Crippen LogP contribution in [0.5, 0.6) is 11.5 Å². The first-order valence-electron chi connectivity index (χ1n) is 14.5. The molecule has 0 aliphatic carbocycles. The summed E-state index contributed by atoms with van der Waals surface area (Å²) < 4.78 is 10.8. The minimum absolute atomic E-state index is 0.0275. The van der Waals surface area contributed by atoms with Crippen molar-refractivity contribution in [3.63, 3.8) is 0 Å². The van der Waals surface area contributed by atoms with Gasteiger partial charge in [0.15, 0.2) is 5.78 Å². The molecule has 0 aromatic heterocycles. The fourth-order valence-electron chi connectivity index (χ4n) is 4.58. The van der Waals surface area contributed by atoms with Crippen molar-refractivity contribution in [1.29, 1.82) is 0 Å². The third-order valence-electron chi connectivity index (χ3n) is 7.07. The lowest BCUT2D eigenvalue weighted by Gasteiger charge is -2.13. The van der Waals surface area contributed by atoms with E-state index in [4.69, 9.17) is 9.47 Å². The maximum absolute atomic E-state index is 13.5. The van der Waals surface area contributed by atoms with Crippen LogP contribution >= 0.6 is 11.8 Å². The summed E-state index contributed by atoms with van der Waals surface area (Å²) in [6.07, 6.45) is 1.55. The Morgan fingerprint density at radius 2 is 1.35 bits per heavy atom. The quantitative estimate of drug-likeness (QED) is 0.0834. The molecule has 2 amide bonds. The van der Waals surface area contributed by atoms with Crippen molar-refractivity contribution in [2.24, 2.45) is 0 Å². The van der Waals surface area contributed by atoms with Crippen molar-refractivity contribution in [2.75, 3.05) is 25.3 Å². The summed E-state index contributed by atoms with van der Waals surface area (Å²) >= 11 is 1.42. The van der Waals surface area contributed by atoms with Crippen LogP contribution < -0.4 is 20.1 Å². The number of hydrogen-bond donors (Lipinski definition) is 2. The zero-order valence-electron chi connectivity index (χ0n) is 25.4. The Morgan fingerprint density at radius 1 is 0.696 bits per heavy atom. The molecule has 2 N–H and O–H groups in total. The van der Waals surface area contributed by atoms with Crippen LogP contribution in [0, 0.1) is 0 Å². The van der Waals surface area contributed by atoms with Crippen molar-refractivity contribution in [1.82, 2.24) is 5.32 Å². The average Bonchev–Trinajstić information content (AvgIpc) is 3.11. The van der Waals surface area contributed by atoms with Crippen molar-refractivity contribution < 1.29 is 23.9 Å². The Balaban J connectivity index is 1.25. The van der Waals surface area contributed by atoms with E-state index in [1.54, 1.807) is 67.8 Å². The molecule has 8 heteroatoms. The predicted octanol–water partition coefficient (Wildman–Crippen LogP) is 7.76. The first-order valence-corrected chi connectivity index (χ1v) is 15.4. The molecule has 0 fully saturated rings. The number of ketones is 1. The summed E-state index contributed by atoms with van der Waals surface area (Å²) in [5, 5.41) is 5.59. The fraction of sp³-hybridized carbons (Fsp3) is 0.0789. The first kappa shape index (κ1) is 31.8. The fourth-order valence-corrected chi connectivity index (χ4v) is 5.37. The molecule has 5 rings (SSSR count). The molecule has 230 valence electrons. The molecule has 0 aliphatic rings. The van der Waals surface area contributed by atoms with Gasteiger partial charge in [-0.1, -0.05) is 72.8 Å². The summed E-state index contributed by atoms with van der Waals surface area (Å²) in [5.41, 5.74) is 4.35. The molecule has 5 aromatic carbocycles. The number of nitrogens with one attached hydrogen (secondary N) is 2. The van der Waals surface area contributed by atoms with Gasteiger partial charge in [0.25, 0.3) is 11.8 Å². The number of hydrogen-bond acceptors (Lipinski definition) is 6. The number of carbonyl (C=O) groups excluding carboxylic acids is 3. The van der Waals surface area contributed by atoms with Gasteiger partial charge >= 0.3 is 0 Å². The Morgan fingerprint density at radius 3 is 2.00 bits per heavy atom. The molecule has 0 aliphatic heterocycles. The summed E-state index contributed by atoms with van der Waals surface area (Å²) in [5.74, 6) is 0.422. The highest BCUT2D eigenvalue weighted by molar-refractivity contribution is 8.00. The molecule has 0 radical (unpaired) electrons. The van der Waals surface area contributed by atoms with Crippen LogP contribution in [0.15, 0.2) is 138 Å². The van der Waals surface area contributed by atoms with E-state index in [-0.39, 0.29) is 17.2 Å². The van der Waals surface area contributed by atoms with E-state index < -0.39 is 11.8 Å². The van der Waals surface area contributed by atoms with Gasteiger partial charge in [-0.05, 0) is 65.7 Å². The van der Waals surface area contributed by atoms with Crippen molar-refractivity contribution in [3.05, 3.63) is 150 Å². The van der Waals surface area contributed by atoms with Gasteiger partial charge in [-0.25, -0.2) is 0 Å². The highest BCUT2D eigenvalue weighted by atomic mass is 32.2. The Kier molecular flexibility index (Phi) is 10.7. The Hall–Kier alpha value is -5.60. The standard InChI is InChI=1S/C38H32N2O5S/c1-44-32-20-17-30(36(24-32)45-2)23-34(40-37(42)29-11-7-4-8-12-29)38(43)39-31-18-21-33(22-19-31)46-25-35(41)28-15-13-27(14-16-28)26-9-5-3-6-10-26/h3-24H,25H2,1-2H3,(H,39,43)(H,40,42)/b34-23-. The lowest BCUT2D eigenvalue weighted by Crippen LogP contribution is -2.30. The van der Waals surface area contributed by atoms with E-state index >= 15 is 0 Å². The van der Waals surface area contributed by atoms with E-state index in [1.807, 2.05) is 72.8 Å². The van der Waals surface area contributed by atoms with E-state index in [0.29, 0.717) is 33.9 Å². The van der Waals surface area contributed by atoms with Gasteiger partial charge in [-0.3, -0.25) is 14.4 Å². The van der Waals surface area contributed by atoms with Crippen LogP contribution in [0.4, 0.5) is 5.69 Å². The molecular weight excluding hydrogens is 596 g/mol. The molecule has 7 nitrogen and oxygen atoms in total. The number of benzene rings is 5. The third-order valence-corrected chi connectivity index (χ3v) is 8.08. The van der Waals surface area contributed by atoms with E-state index in [1.165, 1.54) is 18.9 Å². The molecule has 0 bridgehead atoms. The molecular formula is C38H32N2O5S. The molecule has 0 atom stereocenters. The lowest BCUT2D eigenvalue weighted by atomic mass is 10.0. The number of thioether (sulfide) groups is 1. The zero-order valence-corrected chi connectivity index (χ0v) is 26.2. The van der Waals surface area contributed by atoms with E-state index in [9.17, 15) is 14.4 Å². The van der Waals surface area contributed by atoms with Crippen LogP contribution in [0.3, 0.4) is 0 Å². The van der Waals surface area contributed by atoms with Gasteiger partial charge in [0.2, 0.25) is 0 Å². The first-order chi connectivity index (χ1) is 22.4. The zero-order chi connectivity index (χ0) is 32.3. The molecule has 0 saturated heterocycles. The van der Waals surface area contributed by atoms with Crippen LogP contribution in [0.25, 0.3) is 17.2 Å². The smallest absolute Gasteiger partial charge is 0.272 e. The number of anilines is 1. The highest BCUT2D eigenvalue weighted by Gasteiger charge is 2.17. The molecule has 0 unspecified atom stereocenters. The van der Waals surface area contributed by atoms with Gasteiger partial charge in [-0.15, -0.1) is 11.8 Å². The van der Waals surface area contributed by atoms with Gasteiger partial charge in [0.05, 0.1) is 20.0 Å². The molecule has 0 spiro atoms. The third kappa shape index (κ3) is 8.31. The normalized spacial score (nSPS) is 11.0. The van der Waals surface area contributed by atoms with Crippen molar-refractivity contribution in [2.45, 2.75) is 4.90 Å². The van der Waals surface area contributed by atoms with Crippen LogP contribution in [-0.4, -0.2) is 37.6 Å². The van der Waals surface area contributed by atoms with Crippen LogP contribution in [-0.2, 0) is 4.79 Å². The summed E-state index contributed by atoms with van der Waals surface area (Å²) in [6, 6.07) is 38.6. The monoisotopic (exact) mass is 628 g/mol. The summed E-state index contributed by atoms with van der Waals surface area (Å²) in [4.78, 5) is 40.2. The number of Topliss-reactive ketones (excluding diaryl/α,β-unsaturated/α-hetero) is 1. The minimum atomic E-state index is -0.517. The largest absolute Gasteiger partial charge is 0.497 e. The highest BCUT2D eigenvalue weighted by Crippen LogP contribution is 2.27. The lowest BCUT2D eigenvalue weighted by molar-refractivity contribution is -0.113. The van der Waals surface area contributed by atoms with E-state index in [2.05, 4.69) is 10.6 Å². The van der Waals surface area contributed by atoms with Gasteiger partial charge in [-0.2, -0.15) is 0 Å². The maximum Gasteiger partial charge on any atom is 0.272 e. The Bertz CT molecular complexity index is 1840. The Labute approximate surface area is 272 Å². The average molecular weight is 629 g/mol. The van der Waals surface area contributed by atoms with Gasteiger partial charge in [0.1, 0.15) is 17.2 Å². The van der Waals surface area contributed by atoms with Gasteiger partial charge in [0, 0.05) is 33.3 Å². The number of carbonyl (C=O) groups is 3. The summed E-state index contributed by atoms with van der Waals surface area (Å²) in [6.45, 7) is 0. The maximum atomic E-state index is 13.5. The van der Waals surface area contributed by atoms with E-state index in [0.717, 1.165) is 16.0 Å². The summed E-state index contributed by atoms with van der Waals surface area (Å²) in [7, 11) is 3.07. The molecule has 5 aromatic rings. The molecule has 0 saturated carbocycles. The SMILES string of the molecule is COc1ccc(/C=C(\NC(=O)c2ccccc2)C(=O)Nc2ccc(SCC(=O)c3ccc(-c4ccccc4)cc3)cc2)c(OC)c1. The van der Waals surface area contributed by atoms with Crippen molar-refractivity contribution >= 4 is 41.1 Å². The van der Waals surface area contributed by atoms with Crippen LogP contribution in [0.1, 0.15) is 26.3 Å². The number of amides is 2. The second kappa shape index (κ2) is 15.4. The second-order valence-electron chi connectivity index (χ2n) is 10.1. The van der Waals surface area contributed by atoms with Crippen LogP contribution in [0.2, 0.25) is 0 Å². The predicted molar refractivity (Wildman–Crippen MR) is 183 cm³/mol. The molecule has 0 heterocycles. The van der Waals surface area contributed by atoms with Crippen molar-refractivity contribution in [3.8, 4) is 22.6 Å². The number of rotatable bonds is 12. The topological polar surface area (TPSA) is 93.7 Å². The molecule has 46 heavy (non-hydrogen) atoms. The number of ether oxygens (including phenoxy) is 2. The van der Waals surface area contributed by atoms with Gasteiger partial charge < -0.3 is 20.1 Å². The second-order valence-corrected chi connectivity index (χ2v) is 11.2.